The Balaban J connectivity index is 3.16. The molecule has 0 aromatic carbocycles. The molecule has 0 aliphatic heterocycles. The molecule has 0 bridgehead atoms. The molecule has 0 aromatic heterocycles. The summed E-state index contributed by atoms with van der Waals surface area (Å²) in [5, 5.41) is 0. The monoisotopic (exact) mass is 182 g/mol. The van der Waals surface area contributed by atoms with Gasteiger partial charge in [-0.05, 0) is 19.3 Å². The van der Waals surface area contributed by atoms with Crippen molar-refractivity contribution in [2.24, 2.45) is 0 Å². The maximum atomic E-state index is 10.6. The number of carbonyl (C=O) groups excluding carboxylic acids is 1. The van der Waals surface area contributed by atoms with E-state index in [0.717, 1.165) is 19.3 Å². The van der Waals surface area contributed by atoms with E-state index in [9.17, 15) is 4.79 Å². The lowest BCUT2D eigenvalue weighted by Gasteiger charge is -1.98. The van der Waals surface area contributed by atoms with Crippen LogP contribution in [0.5, 0.6) is 0 Å². The molecule has 2 heteroatoms. The Morgan fingerprint density at radius 1 is 1.38 bits per heavy atom. The van der Waals surface area contributed by atoms with Crippen LogP contribution in [0.4, 0.5) is 0 Å². The third kappa shape index (κ3) is 8.86. The van der Waals surface area contributed by atoms with Crippen molar-refractivity contribution in [2.75, 3.05) is 6.61 Å². The van der Waals surface area contributed by atoms with Crippen LogP contribution in [0.15, 0.2) is 24.8 Å². The largest absolute Gasteiger partial charge is 0.463 e. The van der Waals surface area contributed by atoms with Gasteiger partial charge in [0, 0.05) is 6.08 Å². The molecule has 0 aliphatic rings. The second kappa shape index (κ2) is 9.04. The third-order valence-corrected chi connectivity index (χ3v) is 1.55. The Morgan fingerprint density at radius 3 is 2.69 bits per heavy atom. The van der Waals surface area contributed by atoms with Crippen molar-refractivity contribution >= 4 is 5.97 Å². The molecule has 0 aromatic rings. The van der Waals surface area contributed by atoms with Crippen LogP contribution in [-0.4, -0.2) is 12.6 Å². The van der Waals surface area contributed by atoms with Crippen molar-refractivity contribution < 1.29 is 9.53 Å². The average molecular weight is 182 g/mol. The summed E-state index contributed by atoms with van der Waals surface area (Å²) in [7, 11) is 0. The number of ether oxygens (including phenoxy) is 1. The van der Waals surface area contributed by atoms with E-state index in [2.05, 4.69) is 25.7 Å². The molecule has 0 heterocycles. The van der Waals surface area contributed by atoms with Gasteiger partial charge < -0.3 is 4.74 Å². The van der Waals surface area contributed by atoms with Gasteiger partial charge in [0.1, 0.15) is 0 Å². The molecule has 13 heavy (non-hydrogen) atoms. The van der Waals surface area contributed by atoms with Gasteiger partial charge in [-0.25, -0.2) is 4.79 Å². The number of hydrogen-bond donors (Lipinski definition) is 0. The maximum absolute atomic E-state index is 10.6. The highest BCUT2D eigenvalue weighted by Crippen LogP contribution is 1.95. The summed E-state index contributed by atoms with van der Waals surface area (Å²) in [6, 6.07) is 0. The highest BCUT2D eigenvalue weighted by atomic mass is 16.5. The first kappa shape index (κ1) is 11.9. The van der Waals surface area contributed by atoms with Gasteiger partial charge in [0.25, 0.3) is 0 Å². The quantitative estimate of drug-likeness (QED) is 0.262. The Bertz CT molecular complexity index is 171. The minimum Gasteiger partial charge on any atom is -0.463 e. The summed E-state index contributed by atoms with van der Waals surface area (Å²) in [6.07, 6.45) is 9.66. The summed E-state index contributed by atoms with van der Waals surface area (Å²) in [4.78, 5) is 10.6. The fourth-order valence-electron chi connectivity index (χ4n) is 0.835. The van der Waals surface area contributed by atoms with E-state index in [4.69, 9.17) is 4.74 Å². The van der Waals surface area contributed by atoms with Gasteiger partial charge in [0.15, 0.2) is 0 Å². The molecule has 0 fully saturated rings. The minimum atomic E-state index is -0.336. The van der Waals surface area contributed by atoms with Crippen molar-refractivity contribution in [1.29, 1.82) is 0 Å². The number of hydrogen-bond acceptors (Lipinski definition) is 2. The summed E-state index contributed by atoms with van der Waals surface area (Å²) in [5.74, 6) is -0.336. The van der Waals surface area contributed by atoms with Crippen molar-refractivity contribution in [3.63, 3.8) is 0 Å². The van der Waals surface area contributed by atoms with Gasteiger partial charge in [-0.3, -0.25) is 0 Å². The number of allylic oxidation sites excluding steroid dienone is 2. The first-order valence-corrected chi connectivity index (χ1v) is 4.75. The zero-order valence-electron chi connectivity index (χ0n) is 8.29. The standard InChI is InChI=1S/C11H18O2/c1-3-5-6-7-8-9-10-13-11(12)4-2/h4,6-7H,2-3,5,8-10H2,1H3/b7-6+. The summed E-state index contributed by atoms with van der Waals surface area (Å²) < 4.78 is 4.81. The molecule has 0 saturated carbocycles. The predicted molar refractivity (Wildman–Crippen MR) is 54.4 cm³/mol. The Hall–Kier alpha value is -1.05. The van der Waals surface area contributed by atoms with Crippen LogP contribution < -0.4 is 0 Å². The van der Waals surface area contributed by atoms with E-state index >= 15 is 0 Å². The molecule has 0 aliphatic carbocycles. The fourth-order valence-corrected chi connectivity index (χ4v) is 0.835. The van der Waals surface area contributed by atoms with Crippen LogP contribution in [0.2, 0.25) is 0 Å². The third-order valence-electron chi connectivity index (χ3n) is 1.55. The predicted octanol–water partition coefficient (Wildman–Crippen LogP) is 2.85. The van der Waals surface area contributed by atoms with E-state index in [0.29, 0.717) is 6.61 Å². The van der Waals surface area contributed by atoms with E-state index in [1.165, 1.54) is 12.5 Å². The zero-order chi connectivity index (χ0) is 9.94. The molecule has 0 radical (unpaired) electrons. The molecule has 0 unspecified atom stereocenters. The lowest BCUT2D eigenvalue weighted by atomic mass is 10.2. The molecule has 0 rings (SSSR count). The summed E-state index contributed by atoms with van der Waals surface area (Å²) in [5.41, 5.74) is 0. The van der Waals surface area contributed by atoms with E-state index < -0.39 is 0 Å². The highest BCUT2D eigenvalue weighted by Gasteiger charge is 1.92. The van der Waals surface area contributed by atoms with Crippen molar-refractivity contribution in [1.82, 2.24) is 0 Å². The van der Waals surface area contributed by atoms with Crippen LogP contribution in [0, 0.1) is 0 Å². The van der Waals surface area contributed by atoms with Crippen molar-refractivity contribution in [2.45, 2.75) is 32.6 Å². The van der Waals surface area contributed by atoms with Gasteiger partial charge in [-0.2, -0.15) is 0 Å². The van der Waals surface area contributed by atoms with Gasteiger partial charge in [0.05, 0.1) is 6.61 Å². The summed E-state index contributed by atoms with van der Waals surface area (Å²) >= 11 is 0. The van der Waals surface area contributed by atoms with Gasteiger partial charge in [-0.1, -0.05) is 32.1 Å². The van der Waals surface area contributed by atoms with Crippen molar-refractivity contribution in [3.05, 3.63) is 24.8 Å². The van der Waals surface area contributed by atoms with Crippen LogP contribution in [-0.2, 0) is 9.53 Å². The highest BCUT2D eigenvalue weighted by molar-refractivity contribution is 5.81. The van der Waals surface area contributed by atoms with Crippen LogP contribution >= 0.6 is 0 Å². The number of esters is 1. The number of unbranched alkanes of at least 4 members (excludes halogenated alkanes) is 2. The van der Waals surface area contributed by atoms with E-state index in [1.807, 2.05) is 0 Å². The molecular formula is C11H18O2. The molecule has 74 valence electrons. The maximum Gasteiger partial charge on any atom is 0.330 e. The second-order valence-corrected chi connectivity index (χ2v) is 2.77. The first-order chi connectivity index (χ1) is 6.31. The molecule has 0 amide bonds. The van der Waals surface area contributed by atoms with Gasteiger partial charge >= 0.3 is 5.97 Å². The molecular weight excluding hydrogens is 164 g/mol. The van der Waals surface area contributed by atoms with Crippen LogP contribution in [0.1, 0.15) is 32.6 Å². The van der Waals surface area contributed by atoms with E-state index in [1.54, 1.807) is 0 Å². The van der Waals surface area contributed by atoms with Crippen LogP contribution in [0.3, 0.4) is 0 Å². The fraction of sp³-hybridized carbons (Fsp3) is 0.545. The number of carbonyl (C=O) groups is 1. The average Bonchev–Trinajstić information content (AvgIpc) is 2.16. The lowest BCUT2D eigenvalue weighted by Crippen LogP contribution is -2.00. The Morgan fingerprint density at radius 2 is 2.08 bits per heavy atom. The Labute approximate surface area is 80.3 Å². The zero-order valence-corrected chi connectivity index (χ0v) is 8.29. The molecule has 0 saturated heterocycles. The molecule has 0 atom stereocenters. The lowest BCUT2D eigenvalue weighted by molar-refractivity contribution is -0.137. The minimum absolute atomic E-state index is 0.336. The van der Waals surface area contributed by atoms with Gasteiger partial charge in [-0.15, -0.1) is 0 Å². The molecule has 0 spiro atoms. The Kier molecular flexibility index (Phi) is 8.31. The normalized spacial score (nSPS) is 10.2. The SMILES string of the molecule is C=CC(=O)OCCC/C=C/CCC. The number of rotatable bonds is 7. The van der Waals surface area contributed by atoms with Crippen LogP contribution in [0.25, 0.3) is 0 Å². The van der Waals surface area contributed by atoms with Crippen molar-refractivity contribution in [3.8, 4) is 0 Å². The molecule has 2 nitrogen and oxygen atoms in total. The van der Waals surface area contributed by atoms with Gasteiger partial charge in [0.2, 0.25) is 0 Å². The smallest absolute Gasteiger partial charge is 0.330 e. The first-order valence-electron chi connectivity index (χ1n) is 4.75. The summed E-state index contributed by atoms with van der Waals surface area (Å²) in [6.45, 7) is 5.95. The topological polar surface area (TPSA) is 26.3 Å². The van der Waals surface area contributed by atoms with E-state index in [-0.39, 0.29) is 5.97 Å². The second-order valence-electron chi connectivity index (χ2n) is 2.77. The molecule has 0 N–H and O–H groups in total.